The molecule has 0 aromatic heterocycles. The van der Waals surface area contributed by atoms with Crippen LogP contribution in [-0.2, 0) is 4.79 Å². The van der Waals surface area contributed by atoms with Crippen molar-refractivity contribution < 1.29 is 14.7 Å². The van der Waals surface area contributed by atoms with Crippen LogP contribution < -0.4 is 5.32 Å². The number of carbonyl (C=O) groups is 2. The second kappa shape index (κ2) is 6.61. The summed E-state index contributed by atoms with van der Waals surface area (Å²) < 4.78 is 0. The van der Waals surface area contributed by atoms with E-state index in [1.54, 1.807) is 14.0 Å². The first kappa shape index (κ1) is 14.8. The summed E-state index contributed by atoms with van der Waals surface area (Å²) in [5.74, 6) is -0.479. The summed E-state index contributed by atoms with van der Waals surface area (Å²) in [5, 5.41) is 12.0. The van der Waals surface area contributed by atoms with Gasteiger partial charge in [-0.2, -0.15) is 0 Å². The summed E-state index contributed by atoms with van der Waals surface area (Å²) >= 11 is 0. The molecule has 2 N–H and O–H groups in total. The Hall–Kier alpha value is -1.26. The van der Waals surface area contributed by atoms with Crippen LogP contribution in [0.15, 0.2) is 0 Å². The molecule has 1 rings (SSSR count). The smallest absolute Gasteiger partial charge is 0.326 e. The zero-order valence-corrected chi connectivity index (χ0v) is 11.5. The normalized spacial score (nSPS) is 25.3. The van der Waals surface area contributed by atoms with Crippen LogP contribution in [0.3, 0.4) is 0 Å². The van der Waals surface area contributed by atoms with Crippen molar-refractivity contribution in [2.24, 2.45) is 5.92 Å². The van der Waals surface area contributed by atoms with E-state index in [-0.39, 0.29) is 12.1 Å². The molecule has 0 aliphatic heterocycles. The van der Waals surface area contributed by atoms with Crippen LogP contribution >= 0.6 is 0 Å². The predicted molar refractivity (Wildman–Crippen MR) is 69.4 cm³/mol. The van der Waals surface area contributed by atoms with Crippen molar-refractivity contribution in [1.82, 2.24) is 10.2 Å². The Kier molecular flexibility index (Phi) is 5.44. The zero-order valence-electron chi connectivity index (χ0n) is 11.5. The van der Waals surface area contributed by atoms with E-state index in [0.717, 1.165) is 19.3 Å². The van der Waals surface area contributed by atoms with E-state index in [4.69, 9.17) is 5.11 Å². The first-order valence-corrected chi connectivity index (χ1v) is 6.73. The fraction of sp³-hybridized carbons (Fsp3) is 0.846. The van der Waals surface area contributed by atoms with E-state index in [2.05, 4.69) is 12.2 Å². The molecule has 0 aromatic rings. The van der Waals surface area contributed by atoms with Gasteiger partial charge in [0, 0.05) is 13.1 Å². The lowest BCUT2D eigenvalue weighted by Gasteiger charge is -2.32. The maximum Gasteiger partial charge on any atom is 0.326 e. The molecule has 0 saturated heterocycles. The molecule has 3 unspecified atom stereocenters. The zero-order chi connectivity index (χ0) is 13.7. The molecule has 1 aliphatic carbocycles. The quantitative estimate of drug-likeness (QED) is 0.809. The average Bonchev–Trinajstić information content (AvgIpc) is 2.32. The summed E-state index contributed by atoms with van der Waals surface area (Å²) in [6, 6.07) is -0.841. The monoisotopic (exact) mass is 256 g/mol. The number of carboxylic acids is 1. The molecule has 0 bridgehead atoms. The Morgan fingerprint density at radius 2 is 2.00 bits per heavy atom. The van der Waals surface area contributed by atoms with E-state index < -0.39 is 12.0 Å². The first-order chi connectivity index (χ1) is 8.47. The minimum atomic E-state index is -0.952. The molecular formula is C13H24N2O3. The summed E-state index contributed by atoms with van der Waals surface area (Å²) in [6.07, 6.45) is 4.89. The van der Waals surface area contributed by atoms with Gasteiger partial charge in [-0.25, -0.2) is 9.59 Å². The van der Waals surface area contributed by atoms with Crippen molar-refractivity contribution in [2.75, 3.05) is 7.05 Å². The van der Waals surface area contributed by atoms with Gasteiger partial charge in [0.05, 0.1) is 0 Å². The van der Waals surface area contributed by atoms with E-state index in [0.29, 0.717) is 12.3 Å². The summed E-state index contributed by atoms with van der Waals surface area (Å²) in [7, 11) is 1.55. The van der Waals surface area contributed by atoms with Gasteiger partial charge >= 0.3 is 12.0 Å². The summed E-state index contributed by atoms with van der Waals surface area (Å²) in [5.41, 5.74) is 0. The van der Waals surface area contributed by atoms with Crippen molar-refractivity contribution >= 4 is 12.0 Å². The van der Waals surface area contributed by atoms with E-state index in [1.165, 1.54) is 11.3 Å². The van der Waals surface area contributed by atoms with Gasteiger partial charge in [0.25, 0.3) is 0 Å². The number of amides is 2. The number of hydrogen-bond donors (Lipinski definition) is 2. The second-order valence-electron chi connectivity index (χ2n) is 5.19. The topological polar surface area (TPSA) is 69.6 Å². The lowest BCUT2D eigenvalue weighted by molar-refractivity contribution is -0.141. The molecule has 0 radical (unpaired) electrons. The van der Waals surface area contributed by atoms with Crippen molar-refractivity contribution in [1.29, 1.82) is 0 Å². The highest BCUT2D eigenvalue weighted by Crippen LogP contribution is 2.23. The van der Waals surface area contributed by atoms with Crippen LogP contribution in [0.2, 0.25) is 0 Å². The van der Waals surface area contributed by atoms with Gasteiger partial charge in [0.2, 0.25) is 0 Å². The van der Waals surface area contributed by atoms with E-state index >= 15 is 0 Å². The van der Waals surface area contributed by atoms with Crippen molar-refractivity contribution in [2.45, 2.75) is 58.0 Å². The molecule has 1 aliphatic rings. The molecule has 5 nitrogen and oxygen atoms in total. The lowest BCUT2D eigenvalue weighted by Crippen LogP contribution is -2.51. The van der Waals surface area contributed by atoms with Crippen LogP contribution in [0.25, 0.3) is 0 Å². The predicted octanol–water partition coefficient (Wildman–Crippen LogP) is 2.07. The van der Waals surface area contributed by atoms with Crippen molar-refractivity contribution in [3.05, 3.63) is 0 Å². The largest absolute Gasteiger partial charge is 0.480 e. The fourth-order valence-corrected chi connectivity index (χ4v) is 2.55. The van der Waals surface area contributed by atoms with Gasteiger partial charge < -0.3 is 15.3 Å². The third kappa shape index (κ3) is 3.62. The van der Waals surface area contributed by atoms with Gasteiger partial charge in [0.1, 0.15) is 6.04 Å². The molecular weight excluding hydrogens is 232 g/mol. The second-order valence-corrected chi connectivity index (χ2v) is 5.19. The van der Waals surface area contributed by atoms with E-state index in [9.17, 15) is 9.59 Å². The maximum absolute atomic E-state index is 12.0. The highest BCUT2D eigenvalue weighted by molar-refractivity contribution is 5.82. The Balaban J connectivity index is 2.55. The molecule has 0 spiro atoms. The van der Waals surface area contributed by atoms with Gasteiger partial charge in [-0.05, 0) is 25.2 Å². The number of carboxylic acid groups (broad SMARTS) is 1. The van der Waals surface area contributed by atoms with Crippen LogP contribution in [-0.4, -0.2) is 41.1 Å². The lowest BCUT2D eigenvalue weighted by atomic mass is 9.86. The van der Waals surface area contributed by atoms with E-state index in [1.807, 2.05) is 0 Å². The number of urea groups is 1. The number of hydrogen-bond acceptors (Lipinski definition) is 2. The number of nitrogens with zero attached hydrogens (tertiary/aromatic N) is 1. The SMILES string of the molecule is CCC(C(=O)O)N(C)C(=O)NC1CCCCC1C. The number of rotatable bonds is 4. The van der Waals surface area contributed by atoms with Gasteiger partial charge in [-0.15, -0.1) is 0 Å². The standard InChI is InChI=1S/C13H24N2O3/c1-4-11(12(16)17)15(3)13(18)14-10-8-6-5-7-9(10)2/h9-11H,4-8H2,1-3H3,(H,14,18)(H,16,17). The summed E-state index contributed by atoms with van der Waals surface area (Å²) in [4.78, 5) is 24.3. The Morgan fingerprint density at radius 1 is 1.39 bits per heavy atom. The van der Waals surface area contributed by atoms with Gasteiger partial charge in [-0.3, -0.25) is 0 Å². The molecule has 1 saturated carbocycles. The highest BCUT2D eigenvalue weighted by Gasteiger charge is 2.28. The number of carbonyl (C=O) groups excluding carboxylic acids is 1. The van der Waals surface area contributed by atoms with Crippen molar-refractivity contribution in [3.8, 4) is 0 Å². The van der Waals surface area contributed by atoms with Crippen LogP contribution in [0.4, 0.5) is 4.79 Å². The number of likely N-dealkylation sites (N-methyl/N-ethyl adjacent to an activating group) is 1. The molecule has 2 amide bonds. The average molecular weight is 256 g/mol. The summed E-state index contributed by atoms with van der Waals surface area (Å²) in [6.45, 7) is 3.91. The van der Waals surface area contributed by atoms with Gasteiger partial charge in [-0.1, -0.05) is 26.7 Å². The maximum atomic E-state index is 12.0. The molecule has 1 fully saturated rings. The Bertz CT molecular complexity index is 307. The van der Waals surface area contributed by atoms with Crippen molar-refractivity contribution in [3.63, 3.8) is 0 Å². The molecule has 0 heterocycles. The van der Waals surface area contributed by atoms with Crippen LogP contribution in [0.1, 0.15) is 46.0 Å². The molecule has 0 aromatic carbocycles. The third-order valence-electron chi connectivity index (χ3n) is 3.88. The first-order valence-electron chi connectivity index (χ1n) is 6.73. The van der Waals surface area contributed by atoms with Gasteiger partial charge in [0.15, 0.2) is 0 Å². The van der Waals surface area contributed by atoms with Crippen LogP contribution in [0, 0.1) is 5.92 Å². The molecule has 18 heavy (non-hydrogen) atoms. The third-order valence-corrected chi connectivity index (χ3v) is 3.88. The Labute approximate surface area is 109 Å². The molecule has 104 valence electrons. The molecule has 3 atom stereocenters. The highest BCUT2D eigenvalue weighted by atomic mass is 16.4. The minimum Gasteiger partial charge on any atom is -0.480 e. The number of aliphatic carboxylic acids is 1. The minimum absolute atomic E-state index is 0.181. The Morgan fingerprint density at radius 3 is 2.50 bits per heavy atom. The fourth-order valence-electron chi connectivity index (χ4n) is 2.55. The van der Waals surface area contributed by atoms with Crippen LogP contribution in [0.5, 0.6) is 0 Å². The molecule has 5 heteroatoms. The number of nitrogens with one attached hydrogen (secondary N) is 1.